The third kappa shape index (κ3) is 6.86. The van der Waals surface area contributed by atoms with Crippen molar-refractivity contribution in [2.24, 2.45) is 4.99 Å². The molecule has 0 N–H and O–H groups in total. The first kappa shape index (κ1) is 25.4. The maximum atomic E-state index is 13.1. The van der Waals surface area contributed by atoms with Gasteiger partial charge in [0.15, 0.2) is 0 Å². The minimum atomic E-state index is -0.696. The average molecular weight is 477 g/mol. The summed E-state index contributed by atoms with van der Waals surface area (Å²) in [6, 6.07) is 13.6. The number of non-ortho nitro benzene ring substituents is 1. The Morgan fingerprint density at radius 1 is 1.06 bits per heavy atom. The predicted octanol–water partition coefficient (Wildman–Crippen LogP) is 4.30. The van der Waals surface area contributed by atoms with Gasteiger partial charge >= 0.3 is 5.97 Å². The number of hydrogen-bond acceptors (Lipinski definition) is 7. The number of benzene rings is 2. The number of nitro groups is 1. The van der Waals surface area contributed by atoms with Crippen LogP contribution >= 0.6 is 0 Å². The van der Waals surface area contributed by atoms with Gasteiger partial charge in [-0.25, -0.2) is 4.99 Å². The van der Waals surface area contributed by atoms with Crippen molar-refractivity contribution in [2.75, 3.05) is 25.5 Å². The van der Waals surface area contributed by atoms with E-state index < -0.39 is 22.4 Å². The molecule has 0 atom stereocenters. The number of amidine groups is 1. The fourth-order valence-electron chi connectivity index (χ4n) is 3.26. The average Bonchev–Trinajstić information content (AvgIpc) is 3.06. The minimum Gasteiger partial charge on any atom is -0.459 e. The van der Waals surface area contributed by atoms with Gasteiger partial charge in [0.2, 0.25) is 0 Å². The number of nitro benzene ring substituents is 1. The van der Waals surface area contributed by atoms with E-state index in [0.29, 0.717) is 5.56 Å². The monoisotopic (exact) mass is 476 g/mol. The molecule has 0 aliphatic carbocycles. The molecule has 2 aromatic carbocycles. The molecule has 9 heteroatoms. The summed E-state index contributed by atoms with van der Waals surface area (Å²) >= 11 is 0. The van der Waals surface area contributed by atoms with Crippen molar-refractivity contribution in [3.63, 3.8) is 0 Å². The van der Waals surface area contributed by atoms with E-state index in [2.05, 4.69) is 4.99 Å². The van der Waals surface area contributed by atoms with Crippen LogP contribution in [0.3, 0.4) is 0 Å². The van der Waals surface area contributed by atoms with Crippen LogP contribution in [0.2, 0.25) is 0 Å². The summed E-state index contributed by atoms with van der Waals surface area (Å²) in [6.07, 6.45) is 4.93. The highest BCUT2D eigenvalue weighted by Crippen LogP contribution is 2.22. The maximum absolute atomic E-state index is 13.1. The van der Waals surface area contributed by atoms with E-state index in [-0.39, 0.29) is 23.8 Å². The first-order valence-electron chi connectivity index (χ1n) is 11.0. The largest absolute Gasteiger partial charge is 0.459 e. The Labute approximate surface area is 204 Å². The predicted molar refractivity (Wildman–Crippen MR) is 136 cm³/mol. The molecule has 182 valence electrons. The van der Waals surface area contributed by atoms with E-state index >= 15 is 0 Å². The van der Waals surface area contributed by atoms with Crippen molar-refractivity contribution in [1.29, 1.82) is 0 Å². The molecule has 9 nitrogen and oxygen atoms in total. The van der Waals surface area contributed by atoms with E-state index in [0.717, 1.165) is 11.3 Å². The molecular weight excluding hydrogens is 448 g/mol. The van der Waals surface area contributed by atoms with Gasteiger partial charge < -0.3 is 9.64 Å². The summed E-state index contributed by atoms with van der Waals surface area (Å²) in [5.41, 5.74) is 1.97. The van der Waals surface area contributed by atoms with Crippen LogP contribution in [-0.2, 0) is 14.3 Å². The van der Waals surface area contributed by atoms with Gasteiger partial charge in [-0.15, -0.1) is 0 Å². The number of esters is 1. The molecule has 1 heterocycles. The third-order valence-electron chi connectivity index (χ3n) is 4.92. The molecule has 0 radical (unpaired) electrons. The van der Waals surface area contributed by atoms with E-state index in [1.165, 1.54) is 17.0 Å². The lowest BCUT2D eigenvalue weighted by atomic mass is 10.1. The SMILES string of the molecule is CN(C)c1ccc(/C=C2N=C(/C=C/c3ccc([N+](=O)[O-])cc3)N(CC(=O)OC(C)(C)C)C/2=O)cc1. The lowest BCUT2D eigenvalue weighted by Gasteiger charge is -2.22. The van der Waals surface area contributed by atoms with Crippen LogP contribution in [0.1, 0.15) is 31.9 Å². The molecule has 2 aromatic rings. The quantitative estimate of drug-likeness (QED) is 0.255. The lowest BCUT2D eigenvalue weighted by Crippen LogP contribution is -2.39. The highest BCUT2D eigenvalue weighted by Gasteiger charge is 2.32. The summed E-state index contributed by atoms with van der Waals surface area (Å²) in [4.78, 5) is 43.7. The van der Waals surface area contributed by atoms with Gasteiger partial charge in [0.05, 0.1) is 4.92 Å². The molecule has 1 amide bonds. The molecule has 0 fully saturated rings. The number of amides is 1. The van der Waals surface area contributed by atoms with Gasteiger partial charge in [0.25, 0.3) is 11.6 Å². The standard InChI is InChI=1S/C26H28N4O5/c1-26(2,3)35-24(31)17-29-23(15-10-18-6-13-21(14-7-18)30(33)34)27-22(25(29)32)16-19-8-11-20(12-9-19)28(4)5/h6-16H,17H2,1-5H3/b15-10+,22-16+. The zero-order valence-corrected chi connectivity index (χ0v) is 20.4. The van der Waals surface area contributed by atoms with Gasteiger partial charge in [0.1, 0.15) is 23.7 Å². The van der Waals surface area contributed by atoms with Crippen molar-refractivity contribution in [3.05, 3.63) is 81.5 Å². The summed E-state index contributed by atoms with van der Waals surface area (Å²) in [7, 11) is 3.88. The molecule has 3 rings (SSSR count). The fraction of sp³-hybridized carbons (Fsp3) is 0.269. The van der Waals surface area contributed by atoms with Gasteiger partial charge in [-0.05, 0) is 68.3 Å². The van der Waals surface area contributed by atoms with Gasteiger partial charge in [-0.2, -0.15) is 0 Å². The van der Waals surface area contributed by atoms with Crippen molar-refractivity contribution in [1.82, 2.24) is 4.90 Å². The second-order valence-corrected chi connectivity index (χ2v) is 9.15. The Balaban J connectivity index is 1.90. The van der Waals surface area contributed by atoms with Crippen molar-refractivity contribution >= 4 is 41.2 Å². The number of hydrogen-bond donors (Lipinski definition) is 0. The second kappa shape index (κ2) is 10.3. The molecule has 0 saturated heterocycles. The Morgan fingerprint density at radius 2 is 1.66 bits per heavy atom. The van der Waals surface area contributed by atoms with Crippen molar-refractivity contribution < 1.29 is 19.2 Å². The smallest absolute Gasteiger partial charge is 0.326 e. The summed E-state index contributed by atoms with van der Waals surface area (Å²) < 4.78 is 5.38. The first-order valence-corrected chi connectivity index (χ1v) is 11.0. The number of carbonyl (C=O) groups is 2. The molecular formula is C26H28N4O5. The Hall–Kier alpha value is -4.27. The highest BCUT2D eigenvalue weighted by atomic mass is 16.6. The van der Waals surface area contributed by atoms with Crippen LogP contribution in [0.15, 0.2) is 65.3 Å². The Bertz CT molecular complexity index is 1200. The van der Waals surface area contributed by atoms with Crippen LogP contribution in [0, 0.1) is 10.1 Å². The lowest BCUT2D eigenvalue weighted by molar-refractivity contribution is -0.384. The van der Waals surface area contributed by atoms with E-state index in [9.17, 15) is 19.7 Å². The third-order valence-corrected chi connectivity index (χ3v) is 4.92. The topological polar surface area (TPSA) is 105 Å². The molecule has 1 aliphatic rings. The van der Waals surface area contributed by atoms with E-state index in [1.807, 2.05) is 43.3 Å². The Morgan fingerprint density at radius 3 is 2.20 bits per heavy atom. The zero-order chi connectivity index (χ0) is 25.8. The summed E-state index contributed by atoms with van der Waals surface area (Å²) in [5, 5.41) is 10.9. The fourth-order valence-corrected chi connectivity index (χ4v) is 3.26. The molecule has 1 aliphatic heterocycles. The molecule has 0 bridgehead atoms. The molecule has 0 spiro atoms. The van der Waals surface area contributed by atoms with Crippen LogP contribution in [0.4, 0.5) is 11.4 Å². The normalized spacial score (nSPS) is 15.0. The number of aliphatic imine (C=N–C) groups is 1. The van der Waals surface area contributed by atoms with Gasteiger partial charge in [0, 0.05) is 31.9 Å². The Kier molecular flexibility index (Phi) is 7.49. The van der Waals surface area contributed by atoms with Crippen LogP contribution in [0.25, 0.3) is 12.2 Å². The second-order valence-electron chi connectivity index (χ2n) is 9.15. The van der Waals surface area contributed by atoms with Crippen LogP contribution in [0.5, 0.6) is 0 Å². The molecule has 0 saturated carbocycles. The molecule has 0 aromatic heterocycles. The van der Waals surface area contributed by atoms with Crippen molar-refractivity contribution in [3.8, 4) is 0 Å². The minimum absolute atomic E-state index is 0.0207. The van der Waals surface area contributed by atoms with Gasteiger partial charge in [-0.1, -0.05) is 18.2 Å². The van der Waals surface area contributed by atoms with Crippen LogP contribution in [-0.4, -0.2) is 53.8 Å². The zero-order valence-electron chi connectivity index (χ0n) is 20.4. The maximum Gasteiger partial charge on any atom is 0.326 e. The highest BCUT2D eigenvalue weighted by molar-refractivity contribution is 6.19. The molecule has 35 heavy (non-hydrogen) atoms. The summed E-state index contributed by atoms with van der Waals surface area (Å²) in [5.74, 6) is -0.704. The van der Waals surface area contributed by atoms with Crippen molar-refractivity contribution in [2.45, 2.75) is 26.4 Å². The number of nitrogens with zero attached hydrogens (tertiary/aromatic N) is 4. The van der Waals surface area contributed by atoms with Crippen LogP contribution < -0.4 is 4.90 Å². The number of carbonyl (C=O) groups excluding carboxylic acids is 2. The number of rotatable bonds is 7. The number of ether oxygens (including phenoxy) is 1. The first-order chi connectivity index (χ1) is 16.4. The number of anilines is 1. The van der Waals surface area contributed by atoms with Gasteiger partial charge in [-0.3, -0.25) is 24.6 Å². The van der Waals surface area contributed by atoms with E-state index in [4.69, 9.17) is 4.74 Å². The summed E-state index contributed by atoms with van der Waals surface area (Å²) in [6.45, 7) is 4.96. The van der Waals surface area contributed by atoms with E-state index in [1.54, 1.807) is 51.1 Å². The molecule has 0 unspecified atom stereocenters.